The molecule has 1 unspecified atom stereocenters. The van der Waals surface area contributed by atoms with Crippen molar-refractivity contribution in [2.75, 3.05) is 17.7 Å². The third kappa shape index (κ3) is 3.35. The first-order valence-corrected chi connectivity index (χ1v) is 6.58. The average Bonchev–Trinajstić information content (AvgIpc) is 2.91. The van der Waals surface area contributed by atoms with Crippen molar-refractivity contribution < 1.29 is 13.2 Å². The topological polar surface area (TPSA) is 62.7 Å². The summed E-state index contributed by atoms with van der Waals surface area (Å²) in [5.41, 5.74) is -0.995. The predicted octanol–water partition coefficient (Wildman–Crippen LogP) is 3.17. The highest BCUT2D eigenvalue weighted by molar-refractivity contribution is 7.09. The fourth-order valence-corrected chi connectivity index (χ4v) is 2.16. The van der Waals surface area contributed by atoms with E-state index in [0.717, 1.165) is 11.1 Å². The van der Waals surface area contributed by atoms with Gasteiger partial charge >= 0.3 is 6.18 Å². The van der Waals surface area contributed by atoms with Crippen LogP contribution in [0.1, 0.15) is 23.7 Å². The molecule has 2 aromatic heterocycles. The number of thiazole rings is 1. The second-order valence-electron chi connectivity index (χ2n) is 3.95. The molecule has 2 heterocycles. The smallest absolute Gasteiger partial charge is 0.361 e. The molecule has 2 rings (SSSR count). The normalized spacial score (nSPS) is 13.1. The molecule has 0 aliphatic rings. The van der Waals surface area contributed by atoms with Gasteiger partial charge in [0.25, 0.3) is 0 Å². The molecule has 0 saturated heterocycles. The van der Waals surface area contributed by atoms with Gasteiger partial charge in [-0.1, -0.05) is 0 Å². The lowest BCUT2D eigenvalue weighted by Gasteiger charge is -2.14. The number of nitrogens with one attached hydrogen (secondary N) is 2. The van der Waals surface area contributed by atoms with E-state index in [4.69, 9.17) is 0 Å². The SMILES string of the molecule is CNc1nc(NC(C)c2nccs2)cc(C(F)(F)F)n1. The van der Waals surface area contributed by atoms with Gasteiger partial charge in [0.15, 0.2) is 5.69 Å². The van der Waals surface area contributed by atoms with Crippen LogP contribution in [0.5, 0.6) is 0 Å². The van der Waals surface area contributed by atoms with Gasteiger partial charge in [-0.15, -0.1) is 11.3 Å². The standard InChI is InChI=1S/C11H12F3N5S/c1-6(9-16-3-4-20-9)17-8-5-7(11(12,13)14)18-10(15-2)19-8/h3-6H,1-2H3,(H2,15,17,18,19). The molecular formula is C11H12F3N5S. The minimum atomic E-state index is -4.52. The van der Waals surface area contributed by atoms with Crippen molar-refractivity contribution in [3.8, 4) is 0 Å². The van der Waals surface area contributed by atoms with E-state index < -0.39 is 11.9 Å². The zero-order valence-corrected chi connectivity index (χ0v) is 11.5. The monoisotopic (exact) mass is 303 g/mol. The van der Waals surface area contributed by atoms with E-state index in [1.807, 2.05) is 0 Å². The number of aromatic nitrogens is 3. The molecule has 1 atom stereocenters. The second-order valence-corrected chi connectivity index (χ2v) is 4.87. The Labute approximate surface area is 117 Å². The summed E-state index contributed by atoms with van der Waals surface area (Å²) in [7, 11) is 1.46. The van der Waals surface area contributed by atoms with Gasteiger partial charge in [-0.2, -0.15) is 18.2 Å². The molecule has 0 amide bonds. The number of alkyl halides is 3. The van der Waals surface area contributed by atoms with Crippen LogP contribution in [0.15, 0.2) is 17.6 Å². The molecule has 2 N–H and O–H groups in total. The fourth-order valence-electron chi connectivity index (χ4n) is 1.51. The maximum absolute atomic E-state index is 12.7. The van der Waals surface area contributed by atoms with Gasteiger partial charge in [-0.25, -0.2) is 9.97 Å². The molecule has 0 aromatic carbocycles. The Balaban J connectivity index is 2.27. The van der Waals surface area contributed by atoms with E-state index in [-0.39, 0.29) is 17.8 Å². The Kier molecular flexibility index (Phi) is 4.07. The third-order valence-corrected chi connectivity index (χ3v) is 3.38. The Morgan fingerprint density at radius 2 is 2.05 bits per heavy atom. The highest BCUT2D eigenvalue weighted by Gasteiger charge is 2.33. The first kappa shape index (κ1) is 14.5. The summed E-state index contributed by atoms with van der Waals surface area (Å²) in [6.45, 7) is 1.80. The average molecular weight is 303 g/mol. The maximum atomic E-state index is 12.7. The van der Waals surface area contributed by atoms with Crippen molar-refractivity contribution in [1.82, 2.24) is 15.0 Å². The van der Waals surface area contributed by atoms with Gasteiger partial charge in [-0.3, -0.25) is 0 Å². The minimum absolute atomic E-state index is 0.0892. The number of anilines is 2. The van der Waals surface area contributed by atoms with Gasteiger partial charge in [0.1, 0.15) is 10.8 Å². The predicted molar refractivity (Wildman–Crippen MR) is 70.7 cm³/mol. The van der Waals surface area contributed by atoms with Crippen LogP contribution < -0.4 is 10.6 Å². The van der Waals surface area contributed by atoms with Crippen molar-refractivity contribution in [1.29, 1.82) is 0 Å². The summed E-state index contributed by atoms with van der Waals surface area (Å²) < 4.78 is 38.2. The van der Waals surface area contributed by atoms with E-state index in [1.54, 1.807) is 18.5 Å². The van der Waals surface area contributed by atoms with E-state index in [1.165, 1.54) is 18.4 Å². The molecule has 0 fully saturated rings. The summed E-state index contributed by atoms with van der Waals surface area (Å²) in [4.78, 5) is 11.5. The summed E-state index contributed by atoms with van der Waals surface area (Å²) in [6.07, 6.45) is -2.88. The van der Waals surface area contributed by atoms with Gasteiger partial charge in [0.2, 0.25) is 5.95 Å². The summed E-state index contributed by atoms with van der Waals surface area (Å²) in [6, 6.07) is 0.640. The number of rotatable bonds is 4. The van der Waals surface area contributed by atoms with Crippen LogP contribution >= 0.6 is 11.3 Å². The van der Waals surface area contributed by atoms with E-state index in [9.17, 15) is 13.2 Å². The lowest BCUT2D eigenvalue weighted by atomic mass is 10.3. The fraction of sp³-hybridized carbons (Fsp3) is 0.364. The van der Waals surface area contributed by atoms with Crippen LogP contribution in [0, 0.1) is 0 Å². The molecule has 0 radical (unpaired) electrons. The molecule has 2 aromatic rings. The minimum Gasteiger partial charge on any atom is -0.361 e. The van der Waals surface area contributed by atoms with Gasteiger partial charge in [0, 0.05) is 24.7 Å². The van der Waals surface area contributed by atoms with E-state index in [0.29, 0.717) is 0 Å². The lowest BCUT2D eigenvalue weighted by molar-refractivity contribution is -0.141. The van der Waals surface area contributed by atoms with Gasteiger partial charge in [0.05, 0.1) is 6.04 Å². The number of halogens is 3. The molecule has 108 valence electrons. The van der Waals surface area contributed by atoms with Gasteiger partial charge in [-0.05, 0) is 6.92 Å². The second kappa shape index (κ2) is 5.61. The molecule has 0 bridgehead atoms. The van der Waals surface area contributed by atoms with Crippen LogP contribution in [0.2, 0.25) is 0 Å². The van der Waals surface area contributed by atoms with Crippen molar-refractivity contribution >= 4 is 23.1 Å². The van der Waals surface area contributed by atoms with Crippen molar-refractivity contribution in [2.45, 2.75) is 19.1 Å². The maximum Gasteiger partial charge on any atom is 0.433 e. The molecule has 0 saturated carbocycles. The number of hydrogen-bond donors (Lipinski definition) is 2. The summed E-state index contributed by atoms with van der Waals surface area (Å²) in [5.74, 6) is 0.00744. The molecular weight excluding hydrogens is 291 g/mol. The van der Waals surface area contributed by atoms with Crippen LogP contribution in [0.3, 0.4) is 0 Å². The Morgan fingerprint density at radius 1 is 1.30 bits per heavy atom. The van der Waals surface area contributed by atoms with Crippen LogP contribution in [-0.4, -0.2) is 22.0 Å². The molecule has 20 heavy (non-hydrogen) atoms. The Hall–Kier alpha value is -1.90. The van der Waals surface area contributed by atoms with Gasteiger partial charge < -0.3 is 10.6 Å². The number of hydrogen-bond acceptors (Lipinski definition) is 6. The Morgan fingerprint density at radius 3 is 2.60 bits per heavy atom. The third-order valence-electron chi connectivity index (χ3n) is 2.43. The lowest BCUT2D eigenvalue weighted by Crippen LogP contribution is -2.14. The van der Waals surface area contributed by atoms with Crippen LogP contribution in [0.25, 0.3) is 0 Å². The quantitative estimate of drug-likeness (QED) is 0.908. The van der Waals surface area contributed by atoms with E-state index in [2.05, 4.69) is 25.6 Å². The molecule has 9 heteroatoms. The highest BCUT2D eigenvalue weighted by Crippen LogP contribution is 2.30. The molecule has 0 spiro atoms. The van der Waals surface area contributed by atoms with Crippen molar-refractivity contribution in [2.24, 2.45) is 0 Å². The van der Waals surface area contributed by atoms with E-state index >= 15 is 0 Å². The highest BCUT2D eigenvalue weighted by atomic mass is 32.1. The van der Waals surface area contributed by atoms with Crippen molar-refractivity contribution in [3.05, 3.63) is 28.3 Å². The Bertz CT molecular complexity index is 570. The number of nitrogens with zero attached hydrogens (tertiary/aromatic N) is 3. The largest absolute Gasteiger partial charge is 0.433 e. The van der Waals surface area contributed by atoms with Crippen LogP contribution in [0.4, 0.5) is 24.9 Å². The summed E-state index contributed by atoms with van der Waals surface area (Å²) >= 11 is 1.42. The van der Waals surface area contributed by atoms with Crippen molar-refractivity contribution in [3.63, 3.8) is 0 Å². The summed E-state index contributed by atoms with van der Waals surface area (Å²) in [5, 5.41) is 7.97. The zero-order valence-electron chi connectivity index (χ0n) is 10.7. The van der Waals surface area contributed by atoms with Crippen LogP contribution in [-0.2, 0) is 6.18 Å². The molecule has 0 aliphatic carbocycles. The zero-order chi connectivity index (χ0) is 14.8. The molecule has 0 aliphatic heterocycles. The first-order valence-electron chi connectivity index (χ1n) is 5.70. The molecule has 5 nitrogen and oxygen atoms in total. The first-order chi connectivity index (χ1) is 9.40.